The lowest BCUT2D eigenvalue weighted by atomic mass is 9.94. The van der Waals surface area contributed by atoms with Crippen molar-refractivity contribution in [2.45, 2.75) is 44.9 Å². The summed E-state index contributed by atoms with van der Waals surface area (Å²) in [5.74, 6) is 0.984. The van der Waals surface area contributed by atoms with Gasteiger partial charge in [0.1, 0.15) is 5.75 Å². The van der Waals surface area contributed by atoms with Gasteiger partial charge in [-0.15, -0.1) is 0 Å². The van der Waals surface area contributed by atoms with Gasteiger partial charge < -0.3 is 15.2 Å². The first-order valence-corrected chi connectivity index (χ1v) is 8.39. The van der Waals surface area contributed by atoms with Gasteiger partial charge in [0.25, 0.3) is 0 Å². The van der Waals surface area contributed by atoms with E-state index in [4.69, 9.17) is 4.74 Å². The number of benzene rings is 2. The van der Waals surface area contributed by atoms with Gasteiger partial charge >= 0.3 is 0 Å². The molecule has 0 aromatic heterocycles. The lowest BCUT2D eigenvalue weighted by Gasteiger charge is -2.31. The first-order valence-electron chi connectivity index (χ1n) is 8.39. The summed E-state index contributed by atoms with van der Waals surface area (Å²) in [6.45, 7) is 4.98. The Morgan fingerprint density at radius 1 is 1.09 bits per heavy atom. The van der Waals surface area contributed by atoms with Crippen LogP contribution in [0, 0.1) is 13.8 Å². The molecule has 0 bridgehead atoms. The zero-order valence-electron chi connectivity index (χ0n) is 13.7. The Labute approximate surface area is 137 Å². The second-order valence-corrected chi connectivity index (χ2v) is 6.78. The predicted octanol–water partition coefficient (Wildman–Crippen LogP) is 3.37. The molecule has 3 unspecified atom stereocenters. The van der Waals surface area contributed by atoms with E-state index in [1.165, 1.54) is 27.8 Å². The maximum Gasteiger partial charge on any atom is 0.124 e. The van der Waals surface area contributed by atoms with Crippen LogP contribution in [-0.2, 0) is 6.42 Å². The van der Waals surface area contributed by atoms with Crippen molar-refractivity contribution in [3.63, 3.8) is 0 Å². The number of aliphatic hydroxyl groups is 1. The number of nitrogens with one attached hydrogen (secondary N) is 1. The van der Waals surface area contributed by atoms with Gasteiger partial charge in [0, 0.05) is 24.4 Å². The highest BCUT2D eigenvalue weighted by atomic mass is 16.5. The Morgan fingerprint density at radius 2 is 1.87 bits per heavy atom. The molecule has 2 aliphatic rings. The molecule has 1 aliphatic heterocycles. The normalized spacial score (nSPS) is 25.6. The molecule has 4 rings (SSSR count). The van der Waals surface area contributed by atoms with Crippen LogP contribution in [0.4, 0.5) is 0 Å². The third-order valence-corrected chi connectivity index (χ3v) is 5.25. The Hall–Kier alpha value is -1.84. The fraction of sp³-hybridized carbons (Fsp3) is 0.400. The van der Waals surface area contributed by atoms with Gasteiger partial charge in [-0.05, 0) is 42.2 Å². The molecule has 23 heavy (non-hydrogen) atoms. The summed E-state index contributed by atoms with van der Waals surface area (Å²) in [5.41, 5.74) is 6.25. The Balaban J connectivity index is 1.65. The van der Waals surface area contributed by atoms with Gasteiger partial charge in [0.2, 0.25) is 0 Å². The molecule has 0 fully saturated rings. The van der Waals surface area contributed by atoms with E-state index in [1.807, 2.05) is 6.07 Å². The molecule has 1 heterocycles. The first kappa shape index (κ1) is 14.7. The standard InChI is InChI=1S/C20H23NO2/c1-12-9-16-17(7-8-23-19(16)10-13(12)2)21-20-15-6-4-3-5-14(15)11-18(20)22/h3-6,9-10,17-18,20-22H,7-8,11H2,1-2H3. The van der Waals surface area contributed by atoms with E-state index in [0.29, 0.717) is 0 Å². The second kappa shape index (κ2) is 5.66. The first-order chi connectivity index (χ1) is 11.1. The molecule has 3 atom stereocenters. The smallest absolute Gasteiger partial charge is 0.124 e. The number of hydrogen-bond acceptors (Lipinski definition) is 3. The van der Waals surface area contributed by atoms with E-state index in [9.17, 15) is 5.11 Å². The zero-order valence-corrected chi connectivity index (χ0v) is 13.7. The van der Waals surface area contributed by atoms with Gasteiger partial charge in [-0.2, -0.15) is 0 Å². The van der Waals surface area contributed by atoms with Crippen LogP contribution < -0.4 is 10.1 Å². The molecule has 2 aromatic carbocycles. The van der Waals surface area contributed by atoms with Crippen molar-refractivity contribution in [3.05, 3.63) is 64.2 Å². The van der Waals surface area contributed by atoms with Crippen LogP contribution >= 0.6 is 0 Å². The molecule has 2 aromatic rings. The van der Waals surface area contributed by atoms with Crippen LogP contribution in [0.1, 0.15) is 46.3 Å². The van der Waals surface area contributed by atoms with Gasteiger partial charge in [-0.3, -0.25) is 0 Å². The lowest BCUT2D eigenvalue weighted by molar-refractivity contribution is 0.127. The molecule has 0 radical (unpaired) electrons. The highest BCUT2D eigenvalue weighted by Gasteiger charge is 2.34. The molecule has 0 amide bonds. The maximum atomic E-state index is 10.5. The molecular weight excluding hydrogens is 286 g/mol. The molecule has 0 spiro atoms. The average Bonchev–Trinajstić information content (AvgIpc) is 2.85. The quantitative estimate of drug-likeness (QED) is 0.893. The number of hydrogen-bond donors (Lipinski definition) is 2. The van der Waals surface area contributed by atoms with Crippen LogP contribution in [0.15, 0.2) is 36.4 Å². The van der Waals surface area contributed by atoms with E-state index < -0.39 is 0 Å². The summed E-state index contributed by atoms with van der Waals surface area (Å²) in [6, 6.07) is 12.9. The Morgan fingerprint density at radius 3 is 2.74 bits per heavy atom. The monoisotopic (exact) mass is 309 g/mol. The second-order valence-electron chi connectivity index (χ2n) is 6.78. The van der Waals surface area contributed by atoms with Crippen molar-refractivity contribution in [2.75, 3.05) is 6.61 Å². The van der Waals surface area contributed by atoms with Crippen LogP contribution in [0.2, 0.25) is 0 Å². The number of aryl methyl sites for hydroxylation is 2. The van der Waals surface area contributed by atoms with Crippen molar-refractivity contribution < 1.29 is 9.84 Å². The summed E-state index contributed by atoms with van der Waals surface area (Å²) in [6.07, 6.45) is 1.31. The van der Waals surface area contributed by atoms with E-state index in [2.05, 4.69) is 49.5 Å². The van der Waals surface area contributed by atoms with Gasteiger partial charge in [0.05, 0.1) is 18.8 Å². The van der Waals surface area contributed by atoms with Crippen molar-refractivity contribution >= 4 is 0 Å². The summed E-state index contributed by atoms with van der Waals surface area (Å²) in [7, 11) is 0. The predicted molar refractivity (Wildman–Crippen MR) is 90.8 cm³/mol. The minimum Gasteiger partial charge on any atom is -0.493 e. The van der Waals surface area contributed by atoms with E-state index in [-0.39, 0.29) is 18.2 Å². The average molecular weight is 309 g/mol. The van der Waals surface area contributed by atoms with Crippen LogP contribution in [-0.4, -0.2) is 17.8 Å². The van der Waals surface area contributed by atoms with Gasteiger partial charge in [-0.1, -0.05) is 30.3 Å². The van der Waals surface area contributed by atoms with Crippen LogP contribution in [0.3, 0.4) is 0 Å². The van der Waals surface area contributed by atoms with Crippen molar-refractivity contribution in [2.24, 2.45) is 0 Å². The SMILES string of the molecule is Cc1cc2c(cc1C)C(NC1c3ccccc3CC1O)CCO2. The van der Waals surface area contributed by atoms with E-state index in [0.717, 1.165) is 25.2 Å². The molecule has 0 saturated heterocycles. The Bertz CT molecular complexity index is 740. The van der Waals surface area contributed by atoms with E-state index >= 15 is 0 Å². The molecule has 3 nitrogen and oxygen atoms in total. The Kier molecular flexibility index (Phi) is 3.63. The third kappa shape index (κ3) is 2.54. The highest BCUT2D eigenvalue weighted by molar-refractivity contribution is 5.45. The topological polar surface area (TPSA) is 41.5 Å². The minimum absolute atomic E-state index is 0.00348. The van der Waals surface area contributed by atoms with Gasteiger partial charge in [0.15, 0.2) is 0 Å². The highest BCUT2D eigenvalue weighted by Crippen LogP contribution is 2.38. The third-order valence-electron chi connectivity index (χ3n) is 5.25. The van der Waals surface area contributed by atoms with Crippen molar-refractivity contribution in [3.8, 4) is 5.75 Å². The molecular formula is C20H23NO2. The fourth-order valence-electron chi connectivity index (χ4n) is 3.82. The summed E-state index contributed by atoms with van der Waals surface area (Å²) in [4.78, 5) is 0. The fourth-order valence-corrected chi connectivity index (χ4v) is 3.82. The van der Waals surface area contributed by atoms with Crippen LogP contribution in [0.5, 0.6) is 5.75 Å². The summed E-state index contributed by atoms with van der Waals surface area (Å²) < 4.78 is 5.85. The molecule has 0 saturated carbocycles. The molecule has 120 valence electrons. The summed E-state index contributed by atoms with van der Waals surface area (Å²) >= 11 is 0. The lowest BCUT2D eigenvalue weighted by Crippen LogP contribution is -2.34. The number of ether oxygens (including phenoxy) is 1. The van der Waals surface area contributed by atoms with Gasteiger partial charge in [-0.25, -0.2) is 0 Å². The minimum atomic E-state index is -0.356. The van der Waals surface area contributed by atoms with Crippen LogP contribution in [0.25, 0.3) is 0 Å². The van der Waals surface area contributed by atoms with Crippen molar-refractivity contribution in [1.29, 1.82) is 0 Å². The molecule has 1 aliphatic carbocycles. The molecule has 3 heteroatoms. The van der Waals surface area contributed by atoms with E-state index in [1.54, 1.807) is 0 Å². The number of rotatable bonds is 2. The van der Waals surface area contributed by atoms with Crippen molar-refractivity contribution in [1.82, 2.24) is 5.32 Å². The zero-order chi connectivity index (χ0) is 16.0. The number of fused-ring (bicyclic) bond motifs is 2. The molecule has 2 N–H and O–H groups in total. The summed E-state index contributed by atoms with van der Waals surface area (Å²) in [5, 5.41) is 14.2. The largest absolute Gasteiger partial charge is 0.493 e. The maximum absolute atomic E-state index is 10.5. The number of aliphatic hydroxyl groups excluding tert-OH is 1.